The lowest BCUT2D eigenvalue weighted by molar-refractivity contribution is 0.483. The summed E-state index contributed by atoms with van der Waals surface area (Å²) in [7, 11) is 0. The van der Waals surface area contributed by atoms with Gasteiger partial charge in [0.25, 0.3) is 0 Å². The van der Waals surface area contributed by atoms with Gasteiger partial charge < -0.3 is 5.73 Å². The average molecular weight is 153 g/mol. The third kappa shape index (κ3) is 1.70. The maximum Gasteiger partial charge on any atom is 0.115 e. The summed E-state index contributed by atoms with van der Waals surface area (Å²) in [4.78, 5) is 0. The predicted molar refractivity (Wildman–Crippen MR) is 45.0 cm³/mol. The Morgan fingerprint density at radius 1 is 1.36 bits per heavy atom. The van der Waals surface area contributed by atoms with E-state index < -0.39 is 6.67 Å². The van der Waals surface area contributed by atoms with Gasteiger partial charge >= 0.3 is 0 Å². The minimum atomic E-state index is -0.399. The Hall–Kier alpha value is -1.05. The van der Waals surface area contributed by atoms with Gasteiger partial charge in [0, 0.05) is 5.69 Å². The van der Waals surface area contributed by atoms with Crippen LogP contribution < -0.4 is 5.73 Å². The quantitative estimate of drug-likeness (QED) is 0.648. The highest BCUT2D eigenvalue weighted by Gasteiger charge is 1.99. The van der Waals surface area contributed by atoms with E-state index in [1.54, 1.807) is 12.1 Å². The highest BCUT2D eigenvalue weighted by atomic mass is 19.1. The lowest BCUT2D eigenvalue weighted by atomic mass is 10.1. The first-order valence-electron chi connectivity index (χ1n) is 3.71. The molecule has 0 amide bonds. The first kappa shape index (κ1) is 8.05. The molecule has 1 aromatic carbocycles. The van der Waals surface area contributed by atoms with Crippen molar-refractivity contribution in [3.05, 3.63) is 29.3 Å². The van der Waals surface area contributed by atoms with E-state index in [0.29, 0.717) is 5.69 Å². The van der Waals surface area contributed by atoms with E-state index in [4.69, 9.17) is 5.73 Å². The van der Waals surface area contributed by atoms with Crippen molar-refractivity contribution in [2.75, 3.05) is 5.73 Å². The molecule has 1 nitrogen and oxygen atoms in total. The fourth-order valence-electron chi connectivity index (χ4n) is 1.11. The van der Waals surface area contributed by atoms with Crippen LogP contribution in [0.15, 0.2) is 18.2 Å². The zero-order chi connectivity index (χ0) is 8.27. The summed E-state index contributed by atoms with van der Waals surface area (Å²) >= 11 is 0. The Morgan fingerprint density at radius 2 is 2.09 bits per heavy atom. The lowest BCUT2D eigenvalue weighted by Gasteiger charge is -2.03. The van der Waals surface area contributed by atoms with Crippen LogP contribution in [-0.4, -0.2) is 0 Å². The monoisotopic (exact) mass is 153 g/mol. The fraction of sp³-hybridized carbons (Fsp3) is 0.333. The zero-order valence-corrected chi connectivity index (χ0v) is 6.60. The summed E-state index contributed by atoms with van der Waals surface area (Å²) < 4.78 is 12.3. The summed E-state index contributed by atoms with van der Waals surface area (Å²) in [5, 5.41) is 0. The van der Waals surface area contributed by atoms with Gasteiger partial charge in [0.2, 0.25) is 0 Å². The molecular formula is C9H12FN. The van der Waals surface area contributed by atoms with Crippen molar-refractivity contribution in [2.45, 2.75) is 20.0 Å². The van der Waals surface area contributed by atoms with E-state index in [1.807, 2.05) is 13.0 Å². The summed E-state index contributed by atoms with van der Waals surface area (Å²) in [6.45, 7) is 1.59. The topological polar surface area (TPSA) is 26.0 Å². The number of nitrogen functional groups attached to an aromatic ring is 1. The van der Waals surface area contributed by atoms with Crippen molar-refractivity contribution in [2.24, 2.45) is 0 Å². The van der Waals surface area contributed by atoms with Gasteiger partial charge in [-0.15, -0.1) is 0 Å². The van der Waals surface area contributed by atoms with Crippen molar-refractivity contribution in [1.29, 1.82) is 0 Å². The van der Waals surface area contributed by atoms with Gasteiger partial charge in [0.15, 0.2) is 0 Å². The number of aryl methyl sites for hydroxylation is 1. The van der Waals surface area contributed by atoms with Gasteiger partial charge in [-0.3, -0.25) is 0 Å². The Morgan fingerprint density at radius 3 is 2.64 bits per heavy atom. The molecule has 0 aromatic heterocycles. The number of benzene rings is 1. The number of hydrogen-bond acceptors (Lipinski definition) is 1. The number of halogens is 1. The molecule has 0 bridgehead atoms. The Labute approximate surface area is 66.0 Å². The molecule has 0 spiro atoms. The Balaban J connectivity index is 3.06. The van der Waals surface area contributed by atoms with E-state index in [9.17, 15) is 4.39 Å². The fourth-order valence-corrected chi connectivity index (χ4v) is 1.11. The minimum Gasteiger partial charge on any atom is -0.399 e. The molecule has 0 saturated carbocycles. The van der Waals surface area contributed by atoms with Crippen LogP contribution in [0.3, 0.4) is 0 Å². The number of nitrogens with two attached hydrogens (primary N) is 1. The van der Waals surface area contributed by atoms with E-state index in [-0.39, 0.29) is 0 Å². The number of rotatable bonds is 2. The van der Waals surface area contributed by atoms with Crippen molar-refractivity contribution in [3.63, 3.8) is 0 Å². The highest BCUT2D eigenvalue weighted by Crippen LogP contribution is 2.14. The Bertz CT molecular complexity index is 245. The average Bonchev–Trinajstić information content (AvgIpc) is 2.04. The maximum atomic E-state index is 12.3. The highest BCUT2D eigenvalue weighted by molar-refractivity contribution is 5.44. The van der Waals surface area contributed by atoms with Crippen LogP contribution in [0, 0.1) is 0 Å². The molecule has 0 aliphatic rings. The zero-order valence-electron chi connectivity index (χ0n) is 6.60. The molecule has 0 saturated heterocycles. The first-order chi connectivity index (χ1) is 5.27. The lowest BCUT2D eigenvalue weighted by Crippen LogP contribution is -1.92. The van der Waals surface area contributed by atoms with Gasteiger partial charge in [0.1, 0.15) is 6.67 Å². The van der Waals surface area contributed by atoms with Crippen LogP contribution >= 0.6 is 0 Å². The van der Waals surface area contributed by atoms with Crippen molar-refractivity contribution >= 4 is 5.69 Å². The molecule has 2 heteroatoms. The molecule has 0 radical (unpaired) electrons. The normalized spacial score (nSPS) is 10.0. The predicted octanol–water partition coefficient (Wildman–Crippen LogP) is 2.30. The molecule has 0 aliphatic heterocycles. The summed E-state index contributed by atoms with van der Waals surface area (Å²) in [6.07, 6.45) is 0.838. The summed E-state index contributed by atoms with van der Waals surface area (Å²) in [6, 6.07) is 5.30. The standard InChI is InChI=1S/C9H12FN/c1-2-7-5-9(11)4-3-8(7)6-10/h3-5H,2,6,11H2,1H3. The van der Waals surface area contributed by atoms with Crippen LogP contribution in [0.1, 0.15) is 18.1 Å². The number of anilines is 1. The third-order valence-electron chi connectivity index (χ3n) is 1.76. The van der Waals surface area contributed by atoms with Crippen molar-refractivity contribution < 1.29 is 4.39 Å². The third-order valence-corrected chi connectivity index (χ3v) is 1.76. The van der Waals surface area contributed by atoms with Crippen molar-refractivity contribution in [3.8, 4) is 0 Å². The number of alkyl halides is 1. The molecule has 2 N–H and O–H groups in total. The molecule has 0 fully saturated rings. The molecule has 1 rings (SSSR count). The molecule has 0 aliphatic carbocycles. The first-order valence-corrected chi connectivity index (χ1v) is 3.71. The van der Waals surface area contributed by atoms with E-state index in [2.05, 4.69) is 0 Å². The molecule has 60 valence electrons. The van der Waals surface area contributed by atoms with E-state index in [1.165, 1.54) is 0 Å². The molecule has 1 aromatic rings. The Kier molecular flexibility index (Phi) is 2.47. The SMILES string of the molecule is CCc1cc(N)ccc1CF. The summed E-state index contributed by atoms with van der Waals surface area (Å²) in [5.74, 6) is 0. The molecule has 0 atom stereocenters. The van der Waals surface area contributed by atoms with Crippen molar-refractivity contribution in [1.82, 2.24) is 0 Å². The van der Waals surface area contributed by atoms with E-state index in [0.717, 1.165) is 17.5 Å². The van der Waals surface area contributed by atoms with Gasteiger partial charge in [-0.25, -0.2) is 4.39 Å². The largest absolute Gasteiger partial charge is 0.399 e. The van der Waals surface area contributed by atoms with Crippen LogP contribution in [0.4, 0.5) is 10.1 Å². The van der Waals surface area contributed by atoms with Crippen LogP contribution in [0.5, 0.6) is 0 Å². The van der Waals surface area contributed by atoms with E-state index >= 15 is 0 Å². The molecular weight excluding hydrogens is 141 g/mol. The van der Waals surface area contributed by atoms with Crippen LogP contribution in [0.2, 0.25) is 0 Å². The summed E-state index contributed by atoms with van der Waals surface area (Å²) in [5.41, 5.74) is 8.00. The molecule has 0 unspecified atom stereocenters. The molecule has 11 heavy (non-hydrogen) atoms. The second kappa shape index (κ2) is 3.37. The minimum absolute atomic E-state index is 0.399. The van der Waals surface area contributed by atoms with Gasteiger partial charge in [-0.1, -0.05) is 13.0 Å². The van der Waals surface area contributed by atoms with Gasteiger partial charge in [0.05, 0.1) is 0 Å². The smallest absolute Gasteiger partial charge is 0.115 e. The second-order valence-electron chi connectivity index (χ2n) is 2.52. The second-order valence-corrected chi connectivity index (χ2v) is 2.52. The maximum absolute atomic E-state index is 12.3. The van der Waals surface area contributed by atoms with Gasteiger partial charge in [-0.2, -0.15) is 0 Å². The van der Waals surface area contributed by atoms with Crippen LogP contribution in [0.25, 0.3) is 0 Å². The van der Waals surface area contributed by atoms with Gasteiger partial charge in [-0.05, 0) is 29.7 Å². The van der Waals surface area contributed by atoms with Crippen LogP contribution in [-0.2, 0) is 13.1 Å². The molecule has 0 heterocycles. The number of hydrogen-bond donors (Lipinski definition) is 1.